The standard InChI is InChI=1S/C17H12FNO4S.C16H9BrFNO2.C9H7BrO2.C9H8O2.C7H3F2N.CH4O2S.Na/c1-24(21,22)16-5-4-15(13-2-3-14(20)17(13)16)23-12-7-10(9-19)6-11(18)8-12;17-13-2-4-15(12-1-3-14(20)16(12)13)21-11-6-9(8-19)5-10(18)7-11;10-7-2-3-8-6(5-7)1-4-9(11)12-8;10-9-6-5-7-3-1-2-4-8(7)11-9;8-6-1-5(4-10)2-7(9)3-6;1-4(2)3;/h4-8H,2-3H2,1H3;2,4-7H,1,3H2;2-3,5H,1,4H2;1-4H,5-6H2;1-3H;1H3,(H,2,3);/q;;;;;;+1/p-1. The molecule has 0 N–H and O–H groups in total. The molecule has 0 radical (unpaired) electrons. The zero-order valence-electron chi connectivity index (χ0n) is 44.0. The van der Waals surface area contributed by atoms with Crippen molar-refractivity contribution < 1.29 is 102 Å². The fourth-order valence-electron chi connectivity index (χ4n) is 8.26. The van der Waals surface area contributed by atoms with E-state index in [4.69, 9.17) is 43.5 Å². The Kier molecular flexibility index (Phi) is 24.6. The number of ether oxygens (including phenoxy) is 4. The molecule has 0 aromatic heterocycles. The number of rotatable bonds is 5. The summed E-state index contributed by atoms with van der Waals surface area (Å²) in [5.41, 5.74) is 4.60. The van der Waals surface area contributed by atoms with E-state index in [2.05, 4.69) is 31.9 Å². The summed E-state index contributed by atoms with van der Waals surface area (Å²) in [5, 5.41) is 25.9. The third kappa shape index (κ3) is 19.4. The maximum absolute atomic E-state index is 13.5. The molecule has 1 atom stereocenters. The summed E-state index contributed by atoms with van der Waals surface area (Å²) < 4.78 is 116. The number of ketones is 2. The second kappa shape index (κ2) is 30.8. The van der Waals surface area contributed by atoms with Crippen molar-refractivity contribution in [1.82, 2.24) is 0 Å². The smallest absolute Gasteiger partial charge is 0.773 e. The number of aryl methyl sites for hydroxylation is 2. The first-order valence-electron chi connectivity index (χ1n) is 24.1. The van der Waals surface area contributed by atoms with Crippen LogP contribution in [0.5, 0.6) is 34.5 Å². The van der Waals surface area contributed by atoms with E-state index in [0.29, 0.717) is 54.7 Å². The Morgan fingerprint density at radius 1 is 0.554 bits per heavy atom. The molecular weight excluding hydrogens is 1270 g/mol. The summed E-state index contributed by atoms with van der Waals surface area (Å²) in [7, 11) is -3.55. The molecule has 0 amide bonds. The van der Waals surface area contributed by atoms with Crippen molar-refractivity contribution in [1.29, 1.82) is 15.8 Å². The Morgan fingerprint density at radius 2 is 0.988 bits per heavy atom. The van der Waals surface area contributed by atoms with Crippen LogP contribution in [0.4, 0.5) is 17.6 Å². The molecular formula is C59H42Br2F4N3NaO12S2. The van der Waals surface area contributed by atoms with E-state index in [0.717, 1.165) is 93.1 Å². The average Bonchev–Trinajstić information content (AvgIpc) is 4.28. The number of esters is 2. The molecule has 0 saturated carbocycles. The largest absolute Gasteiger partial charge is 1.00 e. The van der Waals surface area contributed by atoms with E-state index in [1.807, 2.05) is 54.6 Å². The number of hydrogen-bond acceptors (Lipinski definition) is 15. The Morgan fingerprint density at radius 3 is 1.49 bits per heavy atom. The van der Waals surface area contributed by atoms with Gasteiger partial charge in [-0.25, -0.2) is 26.0 Å². The minimum Gasteiger partial charge on any atom is -0.773 e. The first-order valence-corrected chi connectivity index (χ1v) is 29.1. The van der Waals surface area contributed by atoms with Crippen LogP contribution in [0.25, 0.3) is 0 Å². The van der Waals surface area contributed by atoms with Crippen molar-refractivity contribution in [3.63, 3.8) is 0 Å². The number of hydrogen-bond donors (Lipinski definition) is 0. The van der Waals surface area contributed by atoms with Crippen molar-refractivity contribution >= 4 is 76.3 Å². The second-order valence-electron chi connectivity index (χ2n) is 17.7. The molecule has 7 aromatic rings. The number of nitrogens with zero attached hydrogens (tertiary/aromatic N) is 3. The summed E-state index contributed by atoms with van der Waals surface area (Å²) in [6.45, 7) is 0. The van der Waals surface area contributed by atoms with Crippen LogP contribution in [0.2, 0.25) is 0 Å². The van der Waals surface area contributed by atoms with Crippen molar-refractivity contribution in [2.45, 2.75) is 56.3 Å². The summed E-state index contributed by atoms with van der Waals surface area (Å²) in [6.07, 6.45) is 6.33. The first-order chi connectivity index (χ1) is 38.9. The number of halogens is 6. The molecule has 7 aromatic carbocycles. The van der Waals surface area contributed by atoms with Gasteiger partial charge >= 0.3 is 41.5 Å². The fourth-order valence-corrected chi connectivity index (χ4v) is 10.2. The van der Waals surface area contributed by atoms with Crippen LogP contribution < -0.4 is 48.5 Å². The van der Waals surface area contributed by atoms with Gasteiger partial charge in [0.05, 0.1) is 52.6 Å². The Hall–Kier alpha value is -7.37. The van der Waals surface area contributed by atoms with Crippen molar-refractivity contribution in [3.05, 3.63) is 204 Å². The molecule has 0 fully saturated rings. The maximum Gasteiger partial charge on any atom is 1.00 e. The number of Topliss-reactive ketones (excluding diaryl/α,β-unsaturated/α-hetero) is 2. The maximum atomic E-state index is 13.5. The van der Waals surface area contributed by atoms with E-state index in [-0.39, 0.29) is 104 Å². The molecule has 0 bridgehead atoms. The third-order valence-corrected chi connectivity index (χ3v) is 14.0. The van der Waals surface area contributed by atoms with Gasteiger partial charge in [0.15, 0.2) is 21.4 Å². The van der Waals surface area contributed by atoms with Crippen molar-refractivity contribution in [3.8, 4) is 52.7 Å². The van der Waals surface area contributed by atoms with Crippen LogP contribution in [-0.2, 0) is 56.2 Å². The molecule has 11 rings (SSSR count). The number of carbonyl (C=O) groups is 4. The molecule has 2 aliphatic heterocycles. The average molecular weight is 1310 g/mol. The number of sulfone groups is 1. The van der Waals surface area contributed by atoms with E-state index in [9.17, 15) is 45.2 Å². The van der Waals surface area contributed by atoms with Gasteiger partial charge in [0.1, 0.15) is 57.8 Å². The number of nitriles is 3. The van der Waals surface area contributed by atoms with Gasteiger partial charge in [-0.3, -0.25) is 23.4 Å². The topological polar surface area (TPSA) is 251 Å². The number of carbonyl (C=O) groups excluding carboxylic acids is 4. The minimum atomic E-state index is -3.55. The van der Waals surface area contributed by atoms with Gasteiger partial charge in [0.2, 0.25) is 0 Å². The number of para-hydroxylation sites is 1. The summed E-state index contributed by atoms with van der Waals surface area (Å²) in [4.78, 5) is 45.6. The summed E-state index contributed by atoms with van der Waals surface area (Å²) >= 11 is 4.87. The normalized spacial score (nSPS) is 13.2. The minimum absolute atomic E-state index is 0. The van der Waals surface area contributed by atoms with Gasteiger partial charge in [-0.1, -0.05) is 61.1 Å². The molecule has 15 nitrogen and oxygen atoms in total. The molecule has 2 heterocycles. The first kappa shape index (κ1) is 66.4. The van der Waals surface area contributed by atoms with Gasteiger partial charge in [0.25, 0.3) is 0 Å². The van der Waals surface area contributed by atoms with Gasteiger partial charge < -0.3 is 23.5 Å². The van der Waals surface area contributed by atoms with Crippen molar-refractivity contribution in [2.75, 3.05) is 12.5 Å². The van der Waals surface area contributed by atoms with Gasteiger partial charge in [-0.2, -0.15) is 15.8 Å². The van der Waals surface area contributed by atoms with E-state index in [1.54, 1.807) is 18.2 Å². The number of benzene rings is 7. The van der Waals surface area contributed by atoms with Crippen LogP contribution in [0.3, 0.4) is 0 Å². The van der Waals surface area contributed by atoms with E-state index in [1.165, 1.54) is 30.3 Å². The SMILES string of the molecule is CS(=O)(=O)c1ccc(Oc2cc(F)cc(C#N)c2)c2c1C(=O)CC2.CS(=O)[O-].N#Cc1cc(F)cc(F)c1.N#Cc1cc(F)cc(Oc2ccc(Br)c3c2CCC3=O)c1.O=C1CCc2cc(Br)ccc2O1.O=C1CCc2ccccc2O1.[Na+]. The molecule has 1 unspecified atom stereocenters. The van der Waals surface area contributed by atoms with Crippen LogP contribution in [0.1, 0.15) is 85.3 Å². The zero-order chi connectivity index (χ0) is 59.8. The predicted octanol–water partition coefficient (Wildman–Crippen LogP) is 9.58. The fraction of sp³-hybridized carbons (Fsp3) is 0.169. The van der Waals surface area contributed by atoms with Gasteiger partial charge in [-0.15, -0.1) is 0 Å². The van der Waals surface area contributed by atoms with Gasteiger partial charge in [-0.05, 0) is 128 Å². The molecule has 0 saturated heterocycles. The molecule has 83 heavy (non-hydrogen) atoms. The molecule has 24 heteroatoms. The van der Waals surface area contributed by atoms with Crippen LogP contribution in [0.15, 0.2) is 135 Å². The van der Waals surface area contributed by atoms with Crippen LogP contribution in [0, 0.1) is 57.3 Å². The Balaban J connectivity index is 0.000000194. The summed E-state index contributed by atoms with van der Waals surface area (Å²) in [5.74, 6) is -0.452. The Bertz CT molecular complexity index is 3900. The van der Waals surface area contributed by atoms with Crippen molar-refractivity contribution in [2.24, 2.45) is 0 Å². The number of fused-ring (bicyclic) bond motifs is 4. The third-order valence-electron chi connectivity index (χ3n) is 11.7. The van der Waals surface area contributed by atoms with Gasteiger partial charge in [0, 0.05) is 68.5 Å². The molecule has 420 valence electrons. The van der Waals surface area contributed by atoms with E-state index < -0.39 is 44.2 Å². The van der Waals surface area contributed by atoms with E-state index >= 15 is 0 Å². The van der Waals surface area contributed by atoms with Crippen LogP contribution in [-0.4, -0.2) is 53.2 Å². The second-order valence-corrected chi connectivity index (χ2v) is 22.2. The molecule has 2 aliphatic carbocycles. The Labute approximate surface area is 515 Å². The van der Waals surface area contributed by atoms with Crippen LogP contribution >= 0.6 is 31.9 Å². The quantitative estimate of drug-likeness (QED) is 0.0511. The molecule has 0 spiro atoms. The predicted molar refractivity (Wildman–Crippen MR) is 296 cm³/mol. The monoisotopic (exact) mass is 1310 g/mol. The zero-order valence-corrected chi connectivity index (χ0v) is 50.8. The molecule has 4 aliphatic rings. The summed E-state index contributed by atoms with van der Waals surface area (Å²) in [6, 6.07) is 35.0.